The van der Waals surface area contributed by atoms with Crippen LogP contribution in [0.5, 0.6) is 0 Å². The van der Waals surface area contributed by atoms with Gasteiger partial charge in [0.1, 0.15) is 0 Å². The monoisotopic (exact) mass is 251 g/mol. The molecule has 0 aromatic heterocycles. The molecule has 1 aromatic rings. The van der Waals surface area contributed by atoms with E-state index in [2.05, 4.69) is 18.7 Å². The van der Waals surface area contributed by atoms with E-state index in [9.17, 15) is 0 Å². The zero-order chi connectivity index (χ0) is 13.5. The first-order chi connectivity index (χ1) is 8.58. The minimum Gasteiger partial charge on any atom is -0.423 e. The maximum atomic E-state index is 9.15. The van der Waals surface area contributed by atoms with E-state index >= 15 is 0 Å². The highest BCUT2D eigenvalue weighted by molar-refractivity contribution is 6.58. The molecule has 0 saturated heterocycles. The molecule has 4 nitrogen and oxygen atoms in total. The highest BCUT2D eigenvalue weighted by Gasteiger charge is 2.14. The molecule has 0 amide bonds. The van der Waals surface area contributed by atoms with Gasteiger partial charge in [0.2, 0.25) is 0 Å². The van der Waals surface area contributed by atoms with Crippen molar-refractivity contribution in [1.82, 2.24) is 4.90 Å². The average Bonchev–Trinajstić information content (AvgIpc) is 2.36. The highest BCUT2D eigenvalue weighted by Crippen LogP contribution is 2.07. The Balaban J connectivity index is 2.72. The van der Waals surface area contributed by atoms with E-state index in [4.69, 9.17) is 14.8 Å². The quantitative estimate of drug-likeness (QED) is 0.681. The first kappa shape index (κ1) is 15.2. The van der Waals surface area contributed by atoms with Crippen LogP contribution in [-0.4, -0.2) is 48.4 Å². The van der Waals surface area contributed by atoms with Crippen LogP contribution in [0.3, 0.4) is 0 Å². The molecular formula is C13H22BNO3. The molecule has 0 saturated carbocycles. The summed E-state index contributed by atoms with van der Waals surface area (Å²) in [4.78, 5) is 2.28. The van der Waals surface area contributed by atoms with Crippen LogP contribution in [0.1, 0.15) is 19.4 Å². The fourth-order valence-electron chi connectivity index (χ4n) is 2.01. The van der Waals surface area contributed by atoms with Crippen LogP contribution in [0, 0.1) is 0 Å². The van der Waals surface area contributed by atoms with Crippen LogP contribution in [-0.2, 0) is 11.3 Å². The summed E-state index contributed by atoms with van der Waals surface area (Å²) in [6.07, 6.45) is 0. The second-order valence-corrected chi connectivity index (χ2v) is 4.49. The molecule has 0 radical (unpaired) electrons. The number of likely N-dealkylation sites (N-methyl/N-ethyl adjacent to an activating group) is 1. The van der Waals surface area contributed by atoms with Gasteiger partial charge in [-0.15, -0.1) is 0 Å². The Morgan fingerprint density at radius 1 is 1.39 bits per heavy atom. The second-order valence-electron chi connectivity index (χ2n) is 4.49. The number of nitrogens with zero attached hydrogens (tertiary/aromatic N) is 1. The van der Waals surface area contributed by atoms with Gasteiger partial charge in [-0.3, -0.25) is 4.90 Å². The first-order valence-corrected chi connectivity index (χ1v) is 6.26. The van der Waals surface area contributed by atoms with E-state index in [0.29, 0.717) is 18.1 Å². The van der Waals surface area contributed by atoms with E-state index in [1.807, 2.05) is 18.2 Å². The number of hydrogen-bond donors (Lipinski definition) is 2. The number of methoxy groups -OCH3 is 1. The third-order valence-electron chi connectivity index (χ3n) is 3.07. The Bertz CT molecular complexity index is 360. The molecule has 0 bridgehead atoms. The average molecular weight is 251 g/mol. The molecule has 1 rings (SSSR count). The standard InChI is InChI=1S/C13H22BNO3/c1-4-15(11(2)10-18-3)9-12-6-5-7-13(8-12)14(16)17/h5-8,11,16-17H,4,9-10H2,1-3H3. The molecule has 1 aromatic carbocycles. The Labute approximate surface area is 109 Å². The summed E-state index contributed by atoms with van der Waals surface area (Å²) < 4.78 is 5.16. The molecule has 0 aliphatic heterocycles. The van der Waals surface area contributed by atoms with E-state index in [0.717, 1.165) is 18.7 Å². The van der Waals surface area contributed by atoms with Gasteiger partial charge in [-0.25, -0.2) is 0 Å². The van der Waals surface area contributed by atoms with Gasteiger partial charge >= 0.3 is 7.12 Å². The van der Waals surface area contributed by atoms with Crippen LogP contribution < -0.4 is 5.46 Å². The van der Waals surface area contributed by atoms with Crippen molar-refractivity contribution in [2.24, 2.45) is 0 Å². The van der Waals surface area contributed by atoms with Gasteiger partial charge < -0.3 is 14.8 Å². The molecule has 0 heterocycles. The lowest BCUT2D eigenvalue weighted by molar-refractivity contribution is 0.0982. The Morgan fingerprint density at radius 3 is 2.67 bits per heavy atom. The largest absolute Gasteiger partial charge is 0.488 e. The van der Waals surface area contributed by atoms with Crippen LogP contribution in [0.2, 0.25) is 0 Å². The fraction of sp³-hybridized carbons (Fsp3) is 0.538. The predicted molar refractivity (Wildman–Crippen MR) is 73.7 cm³/mol. The Morgan fingerprint density at radius 2 is 2.11 bits per heavy atom. The molecule has 5 heteroatoms. The molecule has 0 fully saturated rings. The van der Waals surface area contributed by atoms with Crippen molar-refractivity contribution in [3.63, 3.8) is 0 Å². The minimum absolute atomic E-state index is 0.336. The Kier molecular flexibility index (Phi) is 6.36. The Hall–Kier alpha value is -0.875. The third kappa shape index (κ3) is 4.42. The molecule has 2 N–H and O–H groups in total. The summed E-state index contributed by atoms with van der Waals surface area (Å²) in [5.41, 5.74) is 1.60. The number of benzene rings is 1. The third-order valence-corrected chi connectivity index (χ3v) is 3.07. The minimum atomic E-state index is -1.41. The zero-order valence-electron chi connectivity index (χ0n) is 11.3. The van der Waals surface area contributed by atoms with Crippen molar-refractivity contribution in [2.75, 3.05) is 20.3 Å². The lowest BCUT2D eigenvalue weighted by atomic mass is 9.79. The van der Waals surface area contributed by atoms with Gasteiger partial charge in [-0.1, -0.05) is 31.2 Å². The summed E-state index contributed by atoms with van der Waals surface area (Å²) >= 11 is 0. The summed E-state index contributed by atoms with van der Waals surface area (Å²) in [6.45, 7) is 6.63. The van der Waals surface area contributed by atoms with Crippen LogP contribution >= 0.6 is 0 Å². The van der Waals surface area contributed by atoms with Gasteiger partial charge in [0.25, 0.3) is 0 Å². The smallest absolute Gasteiger partial charge is 0.423 e. The molecule has 0 spiro atoms. The van der Waals surface area contributed by atoms with Crippen molar-refractivity contribution in [1.29, 1.82) is 0 Å². The summed E-state index contributed by atoms with van der Waals surface area (Å²) in [6, 6.07) is 7.71. The predicted octanol–water partition coefficient (Wildman–Crippen LogP) is 0.223. The van der Waals surface area contributed by atoms with Gasteiger partial charge in [0.05, 0.1) is 6.61 Å². The van der Waals surface area contributed by atoms with Gasteiger partial charge in [0.15, 0.2) is 0 Å². The maximum absolute atomic E-state index is 9.15. The lowest BCUT2D eigenvalue weighted by Crippen LogP contribution is -2.36. The topological polar surface area (TPSA) is 52.9 Å². The zero-order valence-corrected chi connectivity index (χ0v) is 11.3. The normalized spacial score (nSPS) is 12.8. The highest BCUT2D eigenvalue weighted by atomic mass is 16.5. The van der Waals surface area contributed by atoms with Gasteiger partial charge in [-0.2, -0.15) is 0 Å². The number of hydrogen-bond acceptors (Lipinski definition) is 4. The van der Waals surface area contributed by atoms with E-state index in [1.165, 1.54) is 0 Å². The lowest BCUT2D eigenvalue weighted by Gasteiger charge is -2.27. The van der Waals surface area contributed by atoms with Gasteiger partial charge in [0, 0.05) is 19.7 Å². The second kappa shape index (κ2) is 7.54. The molecule has 0 aliphatic rings. The van der Waals surface area contributed by atoms with Crippen molar-refractivity contribution < 1.29 is 14.8 Å². The summed E-state index contributed by atoms with van der Waals surface area (Å²) in [5.74, 6) is 0. The first-order valence-electron chi connectivity index (χ1n) is 6.26. The van der Waals surface area contributed by atoms with E-state index in [-0.39, 0.29) is 0 Å². The van der Waals surface area contributed by atoms with Crippen molar-refractivity contribution in [3.05, 3.63) is 29.8 Å². The van der Waals surface area contributed by atoms with Crippen LogP contribution in [0.25, 0.3) is 0 Å². The van der Waals surface area contributed by atoms with Crippen molar-refractivity contribution in [3.8, 4) is 0 Å². The maximum Gasteiger partial charge on any atom is 0.488 e. The van der Waals surface area contributed by atoms with Crippen molar-refractivity contribution >= 4 is 12.6 Å². The molecular weight excluding hydrogens is 229 g/mol. The van der Waals surface area contributed by atoms with E-state index < -0.39 is 7.12 Å². The SMILES string of the molecule is CCN(Cc1cccc(B(O)O)c1)C(C)COC. The van der Waals surface area contributed by atoms with Gasteiger partial charge in [-0.05, 0) is 24.5 Å². The molecule has 100 valence electrons. The molecule has 0 aliphatic carbocycles. The molecule has 1 unspecified atom stereocenters. The number of ether oxygens (including phenoxy) is 1. The molecule has 1 atom stereocenters. The summed E-state index contributed by atoms with van der Waals surface area (Å²) in [7, 11) is 0.295. The van der Waals surface area contributed by atoms with E-state index in [1.54, 1.807) is 13.2 Å². The summed E-state index contributed by atoms with van der Waals surface area (Å²) in [5, 5.41) is 18.3. The van der Waals surface area contributed by atoms with Crippen LogP contribution in [0.4, 0.5) is 0 Å². The number of rotatable bonds is 7. The fourth-order valence-corrected chi connectivity index (χ4v) is 2.01. The van der Waals surface area contributed by atoms with Crippen LogP contribution in [0.15, 0.2) is 24.3 Å². The molecule has 18 heavy (non-hydrogen) atoms. The van der Waals surface area contributed by atoms with Crippen molar-refractivity contribution in [2.45, 2.75) is 26.4 Å².